The minimum atomic E-state index is -0.285. The summed E-state index contributed by atoms with van der Waals surface area (Å²) in [4.78, 5) is 24.4. The van der Waals surface area contributed by atoms with Crippen molar-refractivity contribution >= 4 is 35.0 Å². The molecule has 0 aliphatic carbocycles. The van der Waals surface area contributed by atoms with Gasteiger partial charge in [-0.05, 0) is 42.3 Å². The zero-order chi connectivity index (χ0) is 16.2. The molecule has 0 unspecified atom stereocenters. The van der Waals surface area contributed by atoms with Crippen LogP contribution in [-0.2, 0) is 16.0 Å². The summed E-state index contributed by atoms with van der Waals surface area (Å²) in [5.74, 6) is -0.0327. The normalized spacial score (nSPS) is 13.2. The average Bonchev–Trinajstić information content (AvgIpc) is 2.54. The molecule has 118 valence electrons. The highest BCUT2D eigenvalue weighted by Crippen LogP contribution is 2.33. The summed E-state index contributed by atoms with van der Waals surface area (Å²) >= 11 is 1.48. The second-order valence-electron chi connectivity index (χ2n) is 5.22. The smallest absolute Gasteiger partial charge is 0.234 e. The number of aryl methyl sites for hydroxylation is 1. The Morgan fingerprint density at radius 3 is 2.78 bits per heavy atom. The van der Waals surface area contributed by atoms with E-state index in [1.807, 2.05) is 12.1 Å². The van der Waals surface area contributed by atoms with E-state index in [0.29, 0.717) is 24.3 Å². The lowest BCUT2D eigenvalue weighted by Crippen LogP contribution is -2.19. The highest BCUT2D eigenvalue weighted by Gasteiger charge is 2.15. The van der Waals surface area contributed by atoms with Crippen molar-refractivity contribution in [3.63, 3.8) is 0 Å². The van der Waals surface area contributed by atoms with Crippen LogP contribution in [0, 0.1) is 5.82 Å². The van der Waals surface area contributed by atoms with E-state index in [-0.39, 0.29) is 17.6 Å². The lowest BCUT2D eigenvalue weighted by atomic mass is 10.1. The van der Waals surface area contributed by atoms with Crippen LogP contribution in [0.5, 0.6) is 0 Å². The van der Waals surface area contributed by atoms with Crippen LogP contribution in [0.2, 0.25) is 0 Å². The molecule has 3 rings (SSSR count). The number of fused-ring (bicyclic) bond motifs is 1. The molecule has 6 heteroatoms. The fourth-order valence-corrected chi connectivity index (χ4v) is 3.08. The third-order valence-electron chi connectivity index (χ3n) is 3.45. The molecule has 2 amide bonds. The van der Waals surface area contributed by atoms with Crippen molar-refractivity contribution in [2.45, 2.75) is 17.7 Å². The molecule has 1 aliphatic rings. The van der Waals surface area contributed by atoms with E-state index in [0.717, 1.165) is 16.1 Å². The summed E-state index contributed by atoms with van der Waals surface area (Å²) in [5.41, 5.74) is 2.29. The summed E-state index contributed by atoms with van der Waals surface area (Å²) in [6.07, 6.45) is 0.855. The van der Waals surface area contributed by atoms with Crippen molar-refractivity contribution in [1.82, 2.24) is 0 Å². The van der Waals surface area contributed by atoms with Crippen LogP contribution in [0.1, 0.15) is 12.0 Å². The molecule has 4 nitrogen and oxygen atoms in total. The minimum absolute atomic E-state index is 0.0395. The summed E-state index contributed by atoms with van der Waals surface area (Å²) < 4.78 is 12.8. The van der Waals surface area contributed by atoms with Crippen molar-refractivity contribution in [2.24, 2.45) is 0 Å². The van der Waals surface area contributed by atoms with Crippen LogP contribution in [0.3, 0.4) is 0 Å². The number of carbonyl (C=O) groups is 2. The first-order valence-corrected chi connectivity index (χ1v) is 8.20. The fraction of sp³-hybridized carbons (Fsp3) is 0.176. The summed E-state index contributed by atoms with van der Waals surface area (Å²) in [5, 5.41) is 5.60. The van der Waals surface area contributed by atoms with E-state index in [1.54, 1.807) is 18.2 Å². The number of carbonyl (C=O) groups excluding carboxylic acids is 2. The predicted octanol–water partition coefficient (Wildman–Crippen LogP) is 3.44. The number of thioether (sulfide) groups is 1. The first-order chi connectivity index (χ1) is 11.1. The van der Waals surface area contributed by atoms with Gasteiger partial charge in [0.15, 0.2) is 0 Å². The number of halogens is 1. The number of amides is 2. The fourth-order valence-electron chi connectivity index (χ4n) is 2.29. The van der Waals surface area contributed by atoms with Gasteiger partial charge in [0.1, 0.15) is 5.82 Å². The Morgan fingerprint density at radius 1 is 1.22 bits per heavy atom. The molecule has 1 aliphatic heterocycles. The summed E-state index contributed by atoms with van der Waals surface area (Å²) in [7, 11) is 0. The van der Waals surface area contributed by atoms with Crippen LogP contribution in [-0.4, -0.2) is 17.6 Å². The maximum Gasteiger partial charge on any atom is 0.234 e. The zero-order valence-corrected chi connectivity index (χ0v) is 13.1. The first kappa shape index (κ1) is 15.6. The van der Waals surface area contributed by atoms with Crippen molar-refractivity contribution < 1.29 is 14.0 Å². The number of benzene rings is 2. The summed E-state index contributed by atoms with van der Waals surface area (Å²) in [6, 6.07) is 11.6. The van der Waals surface area contributed by atoms with Crippen LogP contribution >= 0.6 is 11.8 Å². The Morgan fingerprint density at radius 2 is 2.00 bits per heavy atom. The van der Waals surface area contributed by atoms with Gasteiger partial charge >= 0.3 is 0 Å². The summed E-state index contributed by atoms with van der Waals surface area (Å²) in [6.45, 7) is 0. The Bertz CT molecular complexity index is 747. The van der Waals surface area contributed by atoms with Crippen molar-refractivity contribution in [1.29, 1.82) is 0 Å². The average molecular weight is 330 g/mol. The van der Waals surface area contributed by atoms with Gasteiger partial charge in [-0.25, -0.2) is 4.39 Å². The maximum atomic E-state index is 12.8. The molecule has 0 saturated heterocycles. The second kappa shape index (κ2) is 6.83. The highest BCUT2D eigenvalue weighted by molar-refractivity contribution is 8.00. The van der Waals surface area contributed by atoms with Gasteiger partial charge in [-0.15, -0.1) is 11.8 Å². The van der Waals surface area contributed by atoms with Gasteiger partial charge in [-0.2, -0.15) is 0 Å². The molecule has 2 aromatic rings. The molecule has 2 aromatic carbocycles. The third-order valence-corrected chi connectivity index (χ3v) is 4.52. The number of rotatable bonds is 4. The van der Waals surface area contributed by atoms with E-state index >= 15 is 0 Å². The third kappa shape index (κ3) is 4.10. The monoisotopic (exact) mass is 330 g/mol. The van der Waals surface area contributed by atoms with Crippen molar-refractivity contribution in [3.8, 4) is 0 Å². The quantitative estimate of drug-likeness (QED) is 0.903. The van der Waals surface area contributed by atoms with E-state index < -0.39 is 0 Å². The molecule has 2 N–H and O–H groups in total. The Hall–Kier alpha value is -2.34. The highest BCUT2D eigenvalue weighted by atomic mass is 32.2. The van der Waals surface area contributed by atoms with E-state index in [4.69, 9.17) is 0 Å². The molecule has 0 aromatic heterocycles. The lowest BCUT2D eigenvalue weighted by molar-refractivity contribution is -0.116. The molecule has 0 spiro atoms. The zero-order valence-electron chi connectivity index (χ0n) is 12.3. The predicted molar refractivity (Wildman–Crippen MR) is 89.1 cm³/mol. The molecule has 0 saturated carbocycles. The van der Waals surface area contributed by atoms with Gasteiger partial charge in [0.25, 0.3) is 0 Å². The van der Waals surface area contributed by atoms with Gasteiger partial charge < -0.3 is 10.6 Å². The second-order valence-corrected chi connectivity index (χ2v) is 6.24. The Balaban J connectivity index is 1.58. The topological polar surface area (TPSA) is 58.2 Å². The van der Waals surface area contributed by atoms with Crippen LogP contribution < -0.4 is 10.6 Å². The number of anilines is 2. The van der Waals surface area contributed by atoms with E-state index in [2.05, 4.69) is 10.6 Å². The number of nitrogens with one attached hydrogen (secondary N) is 2. The van der Waals surface area contributed by atoms with Gasteiger partial charge in [0.05, 0.1) is 11.4 Å². The molecule has 0 atom stereocenters. The maximum absolute atomic E-state index is 12.8. The first-order valence-electron chi connectivity index (χ1n) is 7.21. The Kier molecular flexibility index (Phi) is 4.62. The van der Waals surface area contributed by atoms with E-state index in [9.17, 15) is 14.0 Å². The minimum Gasteiger partial charge on any atom is -0.326 e. The van der Waals surface area contributed by atoms with Gasteiger partial charge in [-0.1, -0.05) is 12.1 Å². The van der Waals surface area contributed by atoms with Gasteiger partial charge in [0.2, 0.25) is 11.8 Å². The SMILES string of the molecule is O=C(CCc1ccc(F)cc1)Nc1ccc2c(c1)NC(=O)CS2. The van der Waals surface area contributed by atoms with Gasteiger partial charge in [-0.3, -0.25) is 9.59 Å². The van der Waals surface area contributed by atoms with Crippen LogP contribution in [0.15, 0.2) is 47.4 Å². The molecule has 23 heavy (non-hydrogen) atoms. The van der Waals surface area contributed by atoms with Crippen molar-refractivity contribution in [3.05, 3.63) is 53.8 Å². The Labute approximate surface area is 137 Å². The molecular weight excluding hydrogens is 315 g/mol. The standard InChI is InChI=1S/C17H15FN2O2S/c18-12-4-1-11(2-5-12)3-8-16(21)19-13-6-7-15-14(9-13)20-17(22)10-23-15/h1-2,4-7,9H,3,8,10H2,(H,19,21)(H,20,22). The van der Waals surface area contributed by atoms with Crippen LogP contribution in [0.4, 0.5) is 15.8 Å². The number of hydrogen-bond donors (Lipinski definition) is 2. The number of hydrogen-bond acceptors (Lipinski definition) is 3. The molecule has 1 heterocycles. The molecular formula is C17H15FN2O2S. The lowest BCUT2D eigenvalue weighted by Gasteiger charge is -2.17. The molecule has 0 radical (unpaired) electrons. The van der Waals surface area contributed by atoms with E-state index in [1.165, 1.54) is 23.9 Å². The van der Waals surface area contributed by atoms with Crippen molar-refractivity contribution in [2.75, 3.05) is 16.4 Å². The molecule has 0 fully saturated rings. The van der Waals surface area contributed by atoms with Crippen LogP contribution in [0.25, 0.3) is 0 Å². The van der Waals surface area contributed by atoms with Gasteiger partial charge in [0, 0.05) is 17.0 Å². The largest absolute Gasteiger partial charge is 0.326 e. The molecule has 0 bridgehead atoms.